The molecule has 1 aromatic carbocycles. The Morgan fingerprint density at radius 3 is 2.68 bits per heavy atom. The quantitative estimate of drug-likeness (QED) is 0.782. The van der Waals surface area contributed by atoms with E-state index in [1.165, 1.54) is 23.5 Å². The third-order valence-electron chi connectivity index (χ3n) is 5.30. The van der Waals surface area contributed by atoms with Crippen LogP contribution < -0.4 is 10.1 Å². The number of urea groups is 1. The van der Waals surface area contributed by atoms with E-state index in [4.69, 9.17) is 0 Å². The molecule has 4 rings (SSSR count). The molecule has 150 valence electrons. The highest BCUT2D eigenvalue weighted by molar-refractivity contribution is 7.09. The van der Waals surface area contributed by atoms with Crippen LogP contribution in [0.2, 0.25) is 0 Å². The van der Waals surface area contributed by atoms with Gasteiger partial charge in [-0.1, -0.05) is 0 Å². The molecule has 2 unspecified atom stereocenters. The number of rotatable bonds is 1. The summed E-state index contributed by atoms with van der Waals surface area (Å²) in [5, 5.41) is 3.46. The van der Waals surface area contributed by atoms with Gasteiger partial charge in [-0.3, -0.25) is 4.57 Å². The minimum Gasteiger partial charge on any atom is -0.321 e. The van der Waals surface area contributed by atoms with E-state index in [0.29, 0.717) is 35.5 Å². The first-order valence-electron chi connectivity index (χ1n) is 9.25. The maximum absolute atomic E-state index is 12.8. The summed E-state index contributed by atoms with van der Waals surface area (Å²) in [6.45, 7) is 4.21. The molecule has 5 nitrogen and oxygen atoms in total. The van der Waals surface area contributed by atoms with Crippen LogP contribution in [0.15, 0.2) is 35.5 Å². The summed E-state index contributed by atoms with van der Waals surface area (Å²) in [5.41, 5.74) is -0.161. The lowest BCUT2D eigenvalue weighted by Crippen LogP contribution is -2.40. The number of nitrogens with zero attached hydrogens (tertiary/aromatic N) is 3. The molecule has 2 atom stereocenters. The summed E-state index contributed by atoms with van der Waals surface area (Å²) >= 11 is 1.34. The molecule has 0 saturated carbocycles. The van der Waals surface area contributed by atoms with E-state index in [9.17, 15) is 18.0 Å². The highest BCUT2D eigenvalue weighted by Crippen LogP contribution is 2.29. The van der Waals surface area contributed by atoms with E-state index in [1.807, 2.05) is 6.92 Å². The van der Waals surface area contributed by atoms with Crippen molar-refractivity contribution in [1.82, 2.24) is 14.8 Å². The number of fused-ring (bicyclic) bond motifs is 1. The summed E-state index contributed by atoms with van der Waals surface area (Å²) in [6, 6.07) is 4.91. The second kappa shape index (κ2) is 7.36. The molecule has 0 bridgehead atoms. The first-order valence-corrected chi connectivity index (χ1v) is 10.1. The first kappa shape index (κ1) is 19.2. The molecule has 1 N–H and O–H groups in total. The number of carbonyl (C=O) groups excluding carboxylic acids is 1. The maximum Gasteiger partial charge on any atom is 0.416 e. The van der Waals surface area contributed by atoms with Crippen molar-refractivity contribution in [3.8, 4) is 5.69 Å². The topological polar surface area (TPSA) is 49.6 Å². The van der Waals surface area contributed by atoms with Gasteiger partial charge in [-0.05, 0) is 56.5 Å². The largest absolute Gasteiger partial charge is 0.416 e. The number of likely N-dealkylation sites (tertiary alicyclic amines) is 1. The second-order valence-corrected chi connectivity index (χ2v) is 8.51. The molecule has 2 saturated heterocycles. The lowest BCUT2D eigenvalue weighted by Gasteiger charge is -2.24. The van der Waals surface area contributed by atoms with Gasteiger partial charge in [0.1, 0.15) is 0 Å². The summed E-state index contributed by atoms with van der Waals surface area (Å²) in [5.74, 6) is 0.472. The van der Waals surface area contributed by atoms with Crippen molar-refractivity contribution >= 4 is 17.4 Å². The van der Waals surface area contributed by atoms with Crippen molar-refractivity contribution < 1.29 is 18.0 Å². The third-order valence-corrected chi connectivity index (χ3v) is 6.20. The fourth-order valence-electron chi connectivity index (χ4n) is 3.88. The van der Waals surface area contributed by atoms with Crippen LogP contribution in [-0.2, 0) is 6.18 Å². The summed E-state index contributed by atoms with van der Waals surface area (Å²) in [7, 11) is 0. The molecule has 0 radical (unpaired) electrons. The summed E-state index contributed by atoms with van der Waals surface area (Å²) < 4.78 is 40.1. The van der Waals surface area contributed by atoms with Gasteiger partial charge in [0.05, 0.1) is 5.56 Å². The Balaban J connectivity index is 1.60. The SMILES string of the molecule is Cc1cn(-c2ccc(C(F)(F)F)cc2)/c(=N/C(=O)N2CC3CCCNC3C2)s1. The molecule has 0 aliphatic carbocycles. The molecule has 2 aromatic rings. The van der Waals surface area contributed by atoms with Crippen LogP contribution in [0.5, 0.6) is 0 Å². The predicted octanol–water partition coefficient (Wildman–Crippen LogP) is 3.57. The molecule has 2 amide bonds. The number of hydrogen-bond acceptors (Lipinski definition) is 3. The number of halogens is 3. The Morgan fingerprint density at radius 2 is 2.00 bits per heavy atom. The fraction of sp³-hybridized carbons (Fsp3) is 0.474. The van der Waals surface area contributed by atoms with Gasteiger partial charge in [-0.25, -0.2) is 4.79 Å². The summed E-state index contributed by atoms with van der Waals surface area (Å²) in [4.78, 5) is 20.1. The van der Waals surface area contributed by atoms with Gasteiger partial charge in [0.15, 0.2) is 4.80 Å². The Labute approximate surface area is 164 Å². The zero-order valence-electron chi connectivity index (χ0n) is 15.4. The molecule has 3 heterocycles. The van der Waals surface area contributed by atoms with Crippen LogP contribution >= 0.6 is 11.3 Å². The fourth-order valence-corrected chi connectivity index (χ4v) is 4.71. The minimum atomic E-state index is -4.38. The van der Waals surface area contributed by atoms with Crippen molar-refractivity contribution in [3.63, 3.8) is 0 Å². The van der Waals surface area contributed by atoms with Gasteiger partial charge < -0.3 is 10.2 Å². The molecule has 0 spiro atoms. The van der Waals surface area contributed by atoms with Crippen LogP contribution in [0.3, 0.4) is 0 Å². The number of aryl methyl sites for hydroxylation is 1. The van der Waals surface area contributed by atoms with Gasteiger partial charge in [0, 0.05) is 35.9 Å². The number of aromatic nitrogens is 1. The molecule has 1 aromatic heterocycles. The Kier molecular flexibility index (Phi) is 5.05. The number of thiazole rings is 1. The number of carbonyl (C=O) groups is 1. The molecule has 2 aliphatic heterocycles. The first-order chi connectivity index (χ1) is 13.3. The average Bonchev–Trinajstić information content (AvgIpc) is 3.24. The number of alkyl halides is 3. The lowest BCUT2D eigenvalue weighted by atomic mass is 9.94. The van der Waals surface area contributed by atoms with Crippen LogP contribution in [0.4, 0.5) is 18.0 Å². The maximum atomic E-state index is 12.8. The van der Waals surface area contributed by atoms with E-state index in [-0.39, 0.29) is 6.03 Å². The zero-order valence-corrected chi connectivity index (χ0v) is 16.2. The predicted molar refractivity (Wildman–Crippen MR) is 100 cm³/mol. The lowest BCUT2D eigenvalue weighted by molar-refractivity contribution is -0.137. The van der Waals surface area contributed by atoms with E-state index >= 15 is 0 Å². The number of benzene rings is 1. The highest BCUT2D eigenvalue weighted by atomic mass is 32.1. The van der Waals surface area contributed by atoms with Crippen molar-refractivity contribution in [2.75, 3.05) is 19.6 Å². The Bertz CT molecular complexity index is 918. The van der Waals surface area contributed by atoms with E-state index in [0.717, 1.165) is 36.4 Å². The van der Waals surface area contributed by atoms with E-state index in [1.54, 1.807) is 15.7 Å². The van der Waals surface area contributed by atoms with E-state index < -0.39 is 11.7 Å². The molecule has 28 heavy (non-hydrogen) atoms. The number of piperidine rings is 1. The van der Waals surface area contributed by atoms with Crippen LogP contribution in [0.25, 0.3) is 5.69 Å². The molecule has 2 fully saturated rings. The molecule has 9 heteroatoms. The monoisotopic (exact) mass is 410 g/mol. The van der Waals surface area contributed by atoms with Crippen molar-refractivity contribution in [2.24, 2.45) is 10.9 Å². The average molecular weight is 410 g/mol. The van der Waals surface area contributed by atoms with Crippen LogP contribution in [0.1, 0.15) is 23.3 Å². The van der Waals surface area contributed by atoms with Crippen LogP contribution in [-0.4, -0.2) is 41.2 Å². The van der Waals surface area contributed by atoms with Gasteiger partial charge in [0.25, 0.3) is 0 Å². The number of hydrogen-bond donors (Lipinski definition) is 1. The smallest absolute Gasteiger partial charge is 0.321 e. The molecular formula is C19H21F3N4OS. The van der Waals surface area contributed by atoms with Gasteiger partial charge in [-0.15, -0.1) is 11.3 Å². The minimum absolute atomic E-state index is 0.293. The van der Waals surface area contributed by atoms with Crippen molar-refractivity contribution in [2.45, 2.75) is 32.0 Å². The van der Waals surface area contributed by atoms with Gasteiger partial charge in [-0.2, -0.15) is 18.2 Å². The van der Waals surface area contributed by atoms with Gasteiger partial charge >= 0.3 is 12.2 Å². The molecule has 2 aliphatic rings. The van der Waals surface area contributed by atoms with Crippen LogP contribution in [0, 0.1) is 12.8 Å². The third kappa shape index (κ3) is 3.86. The zero-order chi connectivity index (χ0) is 19.9. The highest BCUT2D eigenvalue weighted by Gasteiger charge is 2.36. The molecular weight excluding hydrogens is 389 g/mol. The van der Waals surface area contributed by atoms with Crippen molar-refractivity contribution in [1.29, 1.82) is 0 Å². The standard InChI is InChI=1S/C19H21F3N4OS/c1-12-9-26(15-6-4-14(5-7-15)19(20,21)22)18(28-12)24-17(27)25-10-13-3-2-8-23-16(13)11-25/h4-7,9,13,16,23H,2-3,8,10-11H2,1H3/b24-18-. The summed E-state index contributed by atoms with van der Waals surface area (Å²) in [6.07, 6.45) is -0.355. The number of amides is 2. The van der Waals surface area contributed by atoms with Crippen molar-refractivity contribution in [3.05, 3.63) is 45.7 Å². The Hall–Kier alpha value is -2.13. The number of nitrogens with one attached hydrogen (secondary N) is 1. The van der Waals surface area contributed by atoms with Gasteiger partial charge in [0.2, 0.25) is 0 Å². The van der Waals surface area contributed by atoms with E-state index in [2.05, 4.69) is 10.3 Å². The second-order valence-electron chi connectivity index (χ2n) is 7.30. The normalized spacial score (nSPS) is 23.1. The Morgan fingerprint density at radius 1 is 1.25 bits per heavy atom.